The maximum Gasteiger partial charge on any atom is 0.280 e. The van der Waals surface area contributed by atoms with Crippen LogP contribution in [0.1, 0.15) is 44.8 Å². The van der Waals surface area contributed by atoms with Crippen molar-refractivity contribution in [3.05, 3.63) is 103 Å². The summed E-state index contributed by atoms with van der Waals surface area (Å²) >= 11 is 6.19. The number of halogens is 3. The number of aryl methyl sites for hydroxylation is 1. The van der Waals surface area contributed by atoms with Crippen molar-refractivity contribution in [1.29, 1.82) is 0 Å². The summed E-state index contributed by atoms with van der Waals surface area (Å²) in [6, 6.07) is 3.69. The van der Waals surface area contributed by atoms with E-state index in [1.165, 1.54) is 56.1 Å². The van der Waals surface area contributed by atoms with Crippen LogP contribution in [-0.2, 0) is 12.2 Å². The van der Waals surface area contributed by atoms with Crippen LogP contribution in [0.4, 0.5) is 8.78 Å². The zero-order valence-corrected chi connectivity index (χ0v) is 23.1. The molecule has 0 aliphatic heterocycles. The van der Waals surface area contributed by atoms with Gasteiger partial charge in [-0.25, -0.2) is 13.8 Å². The molecule has 3 heterocycles. The molecule has 0 saturated heterocycles. The van der Waals surface area contributed by atoms with E-state index in [-0.39, 0.29) is 28.8 Å². The number of pyridine rings is 2. The molecule has 3 rings (SSSR count). The molecule has 0 fully saturated rings. The highest BCUT2D eigenvalue weighted by molar-refractivity contribution is 6.31. The summed E-state index contributed by atoms with van der Waals surface area (Å²) in [6.45, 7) is 7.18. The lowest BCUT2D eigenvalue weighted by Gasteiger charge is -2.18. The van der Waals surface area contributed by atoms with Gasteiger partial charge in [-0.3, -0.25) is 23.7 Å². The summed E-state index contributed by atoms with van der Waals surface area (Å²) in [5.41, 5.74) is -2.31. The molecule has 13 heteroatoms. The standard InChI is InChI=1S/C27H28ClF2N5O5/c1-15(16(2)36)12-32-22(35-9-6-7-19(25(35)37)27(4,5)39)8-10-34-17(3)33-24(23(28)26(34)38)40-14-21-20(30)11-18(29)13-31-21/h6-13,16,36,39H,14H2,1-5H3/b10-8+,15-12-,32-22-/t16-/m0/s1. The van der Waals surface area contributed by atoms with Gasteiger partial charge in [0.15, 0.2) is 10.8 Å². The van der Waals surface area contributed by atoms with Crippen LogP contribution in [0.15, 0.2) is 63.0 Å². The molecule has 0 aromatic carbocycles. The van der Waals surface area contributed by atoms with E-state index in [0.29, 0.717) is 11.6 Å². The Kier molecular flexibility index (Phi) is 9.51. The summed E-state index contributed by atoms with van der Waals surface area (Å²) in [4.78, 5) is 38.3. The zero-order chi connectivity index (χ0) is 29.8. The molecule has 10 nitrogen and oxygen atoms in total. The Bertz CT molecular complexity index is 1620. The predicted molar refractivity (Wildman–Crippen MR) is 146 cm³/mol. The maximum atomic E-state index is 13.9. The first kappa shape index (κ1) is 30.5. The van der Waals surface area contributed by atoms with E-state index in [2.05, 4.69) is 15.0 Å². The Morgan fingerprint density at radius 2 is 2.00 bits per heavy atom. The second-order valence-corrected chi connectivity index (χ2v) is 9.71. The van der Waals surface area contributed by atoms with Crippen molar-refractivity contribution >= 4 is 23.6 Å². The highest BCUT2D eigenvalue weighted by Gasteiger charge is 2.21. The molecule has 1 atom stereocenters. The minimum absolute atomic E-state index is 0.0525. The molecule has 0 saturated carbocycles. The summed E-state index contributed by atoms with van der Waals surface area (Å²) < 4.78 is 34.6. The Balaban J connectivity index is 2.03. The molecule has 0 bridgehead atoms. The SMILES string of the molecule is C/C(=C/N=C(/C=C/n1c(C)nc(OCc2ncc(F)cc2F)c(Cl)c1=O)n1cccc(C(C)(C)O)c1=O)[C@H](C)O. The second kappa shape index (κ2) is 12.5. The van der Waals surface area contributed by atoms with E-state index >= 15 is 0 Å². The molecule has 2 N–H and O–H groups in total. The minimum Gasteiger partial charge on any atom is -0.470 e. The molecule has 0 unspecified atom stereocenters. The van der Waals surface area contributed by atoms with Crippen molar-refractivity contribution in [3.63, 3.8) is 0 Å². The molecule has 212 valence electrons. The highest BCUT2D eigenvalue weighted by atomic mass is 35.5. The summed E-state index contributed by atoms with van der Waals surface area (Å²) in [6.07, 6.45) is 5.47. The predicted octanol–water partition coefficient (Wildman–Crippen LogP) is 3.55. The van der Waals surface area contributed by atoms with Gasteiger partial charge in [-0.2, -0.15) is 4.98 Å². The minimum atomic E-state index is -1.44. The van der Waals surface area contributed by atoms with Crippen molar-refractivity contribution in [3.8, 4) is 5.88 Å². The third kappa shape index (κ3) is 7.14. The summed E-state index contributed by atoms with van der Waals surface area (Å²) in [5.74, 6) is -1.88. The lowest BCUT2D eigenvalue weighted by molar-refractivity contribution is 0.0768. The first-order valence-corrected chi connectivity index (χ1v) is 12.4. The molecule has 0 aliphatic carbocycles. The van der Waals surface area contributed by atoms with Crippen molar-refractivity contribution in [2.45, 2.75) is 52.9 Å². The number of ether oxygens (including phenoxy) is 1. The van der Waals surface area contributed by atoms with Gasteiger partial charge in [0.2, 0.25) is 5.88 Å². The van der Waals surface area contributed by atoms with Gasteiger partial charge in [0, 0.05) is 30.2 Å². The molecule has 0 spiro atoms. The number of allylic oxidation sites excluding steroid dienone is 1. The zero-order valence-electron chi connectivity index (χ0n) is 22.4. The fourth-order valence-corrected chi connectivity index (χ4v) is 3.48. The van der Waals surface area contributed by atoms with Crippen LogP contribution in [-0.4, -0.2) is 41.3 Å². The summed E-state index contributed by atoms with van der Waals surface area (Å²) in [7, 11) is 0. The van der Waals surface area contributed by atoms with Gasteiger partial charge in [0.25, 0.3) is 11.1 Å². The maximum absolute atomic E-state index is 13.9. The second-order valence-electron chi connectivity index (χ2n) is 9.33. The van der Waals surface area contributed by atoms with Gasteiger partial charge in [-0.1, -0.05) is 11.6 Å². The Morgan fingerprint density at radius 3 is 2.62 bits per heavy atom. The largest absolute Gasteiger partial charge is 0.470 e. The van der Waals surface area contributed by atoms with Crippen molar-refractivity contribution in [2.75, 3.05) is 0 Å². The van der Waals surface area contributed by atoms with Gasteiger partial charge in [-0.05, 0) is 58.4 Å². The van der Waals surface area contributed by atoms with Gasteiger partial charge in [0.05, 0.1) is 17.9 Å². The van der Waals surface area contributed by atoms with Gasteiger partial charge in [-0.15, -0.1) is 0 Å². The normalized spacial score (nSPS) is 13.7. The van der Waals surface area contributed by atoms with Crippen LogP contribution in [0.25, 0.3) is 6.20 Å². The van der Waals surface area contributed by atoms with Crippen molar-refractivity contribution in [1.82, 2.24) is 19.1 Å². The van der Waals surface area contributed by atoms with E-state index in [4.69, 9.17) is 16.3 Å². The van der Waals surface area contributed by atoms with E-state index in [0.717, 1.165) is 10.8 Å². The van der Waals surface area contributed by atoms with Crippen molar-refractivity contribution in [2.24, 2.45) is 4.99 Å². The van der Waals surface area contributed by atoms with Crippen LogP contribution in [0.2, 0.25) is 5.02 Å². The number of aromatic nitrogens is 4. The van der Waals surface area contributed by atoms with Gasteiger partial charge < -0.3 is 14.9 Å². The quantitative estimate of drug-likeness (QED) is 0.310. The van der Waals surface area contributed by atoms with Crippen molar-refractivity contribution < 1.29 is 23.7 Å². The molecule has 0 aliphatic rings. The number of aliphatic hydroxyl groups excluding tert-OH is 1. The number of nitrogens with zero attached hydrogens (tertiary/aromatic N) is 5. The van der Waals surface area contributed by atoms with E-state index in [1.807, 2.05) is 0 Å². The van der Waals surface area contributed by atoms with E-state index in [1.54, 1.807) is 19.9 Å². The highest BCUT2D eigenvalue weighted by Crippen LogP contribution is 2.20. The van der Waals surface area contributed by atoms with Crippen LogP contribution >= 0.6 is 11.6 Å². The number of aliphatic hydroxyl groups is 2. The van der Waals surface area contributed by atoms with E-state index in [9.17, 15) is 28.6 Å². The average Bonchev–Trinajstić information content (AvgIpc) is 2.87. The Labute approximate surface area is 233 Å². The van der Waals surface area contributed by atoms with Crippen LogP contribution in [0.3, 0.4) is 0 Å². The third-order valence-electron chi connectivity index (χ3n) is 5.72. The molecule has 40 heavy (non-hydrogen) atoms. The molecule has 0 amide bonds. The first-order valence-electron chi connectivity index (χ1n) is 12.0. The van der Waals surface area contributed by atoms with Gasteiger partial charge >= 0.3 is 0 Å². The molecular formula is C27H28ClF2N5O5. The molecule has 0 radical (unpaired) electrons. The fraction of sp³-hybridized carbons (Fsp3) is 0.296. The van der Waals surface area contributed by atoms with Crippen LogP contribution < -0.4 is 15.9 Å². The Morgan fingerprint density at radius 1 is 1.30 bits per heavy atom. The topological polar surface area (TPSA) is 132 Å². The molecule has 3 aromatic rings. The number of rotatable bonds is 8. The number of aliphatic imine (C=N–C) groups is 1. The van der Waals surface area contributed by atoms with Gasteiger partial charge in [0.1, 0.15) is 29.8 Å². The summed E-state index contributed by atoms with van der Waals surface area (Å²) in [5, 5.41) is 19.8. The lowest BCUT2D eigenvalue weighted by Crippen LogP contribution is -2.34. The first-order chi connectivity index (χ1) is 18.7. The number of hydrogen-bond donors (Lipinski definition) is 2. The van der Waals surface area contributed by atoms with Crippen LogP contribution in [0.5, 0.6) is 5.88 Å². The lowest BCUT2D eigenvalue weighted by atomic mass is 10.0. The number of hydrogen-bond acceptors (Lipinski definition) is 8. The van der Waals surface area contributed by atoms with E-state index < -0.39 is 46.1 Å². The molecular weight excluding hydrogens is 548 g/mol. The smallest absolute Gasteiger partial charge is 0.280 e. The average molecular weight is 576 g/mol. The Hall–Kier alpha value is -4.00. The monoisotopic (exact) mass is 575 g/mol. The van der Waals surface area contributed by atoms with Crippen LogP contribution in [0, 0.1) is 18.6 Å². The fourth-order valence-electron chi connectivity index (χ4n) is 3.29. The third-order valence-corrected chi connectivity index (χ3v) is 6.04. The molecule has 3 aromatic heterocycles.